The summed E-state index contributed by atoms with van der Waals surface area (Å²) >= 11 is 7.78. The molecule has 1 N–H and O–H groups in total. The van der Waals surface area contributed by atoms with Crippen molar-refractivity contribution >= 4 is 22.9 Å². The fraction of sp³-hybridized carbons (Fsp3) is 0.750. The predicted molar refractivity (Wildman–Crippen MR) is 89.7 cm³/mol. The van der Waals surface area contributed by atoms with Gasteiger partial charge in [0.25, 0.3) is 0 Å². The van der Waals surface area contributed by atoms with Gasteiger partial charge in [-0.15, -0.1) is 11.3 Å². The van der Waals surface area contributed by atoms with Crippen LogP contribution >= 0.6 is 22.9 Å². The van der Waals surface area contributed by atoms with Crippen molar-refractivity contribution in [2.75, 3.05) is 13.1 Å². The topological polar surface area (TPSA) is 15.3 Å². The molecular weight excluding hydrogens is 288 g/mol. The molecule has 4 heteroatoms. The molecule has 1 fully saturated rings. The van der Waals surface area contributed by atoms with Gasteiger partial charge in [-0.25, -0.2) is 0 Å². The van der Waals surface area contributed by atoms with Gasteiger partial charge in [0.2, 0.25) is 0 Å². The Kier molecular flexibility index (Phi) is 6.34. The van der Waals surface area contributed by atoms with E-state index in [4.69, 9.17) is 11.6 Å². The van der Waals surface area contributed by atoms with Crippen LogP contribution in [-0.2, 0) is 6.54 Å². The van der Waals surface area contributed by atoms with E-state index in [0.717, 1.165) is 23.3 Å². The van der Waals surface area contributed by atoms with Crippen molar-refractivity contribution in [3.63, 3.8) is 0 Å². The first-order valence-electron chi connectivity index (χ1n) is 7.80. The SMILES string of the molecule is CCCC1CNC(CC(C)C)CN1Cc1ccc(Cl)s1. The van der Waals surface area contributed by atoms with Crippen LogP contribution in [0.25, 0.3) is 0 Å². The highest BCUT2D eigenvalue weighted by Crippen LogP contribution is 2.25. The summed E-state index contributed by atoms with van der Waals surface area (Å²) < 4.78 is 0.904. The highest BCUT2D eigenvalue weighted by Gasteiger charge is 2.27. The molecule has 0 spiro atoms. The van der Waals surface area contributed by atoms with Crippen LogP contribution < -0.4 is 5.32 Å². The summed E-state index contributed by atoms with van der Waals surface area (Å²) in [6.45, 7) is 10.2. The number of hydrogen-bond acceptors (Lipinski definition) is 3. The Bertz CT molecular complexity index is 405. The Balaban J connectivity index is 1.98. The van der Waals surface area contributed by atoms with Gasteiger partial charge in [-0.05, 0) is 30.9 Å². The second kappa shape index (κ2) is 7.79. The highest BCUT2D eigenvalue weighted by molar-refractivity contribution is 7.16. The molecule has 2 nitrogen and oxygen atoms in total. The summed E-state index contributed by atoms with van der Waals surface area (Å²) in [4.78, 5) is 4.05. The standard InChI is InChI=1S/C16H27ClN2S/c1-4-5-14-9-18-13(8-12(2)3)10-19(14)11-15-6-7-16(17)20-15/h6-7,12-14,18H,4-5,8-11H2,1-3H3. The van der Waals surface area contributed by atoms with Gasteiger partial charge in [0, 0.05) is 36.6 Å². The first kappa shape index (κ1) is 16.3. The predicted octanol–water partition coefficient (Wildman–Crippen LogP) is 4.39. The number of rotatable bonds is 6. The normalized spacial score (nSPS) is 24.4. The summed E-state index contributed by atoms with van der Waals surface area (Å²) in [5.74, 6) is 0.758. The fourth-order valence-electron chi connectivity index (χ4n) is 3.10. The van der Waals surface area contributed by atoms with Gasteiger partial charge in [0.05, 0.1) is 4.34 Å². The van der Waals surface area contributed by atoms with Crippen molar-refractivity contribution in [3.05, 3.63) is 21.3 Å². The largest absolute Gasteiger partial charge is 0.311 e. The van der Waals surface area contributed by atoms with Crippen LogP contribution in [0.15, 0.2) is 12.1 Å². The molecule has 2 atom stereocenters. The fourth-order valence-corrected chi connectivity index (χ4v) is 4.22. The molecule has 0 aliphatic carbocycles. The third kappa shape index (κ3) is 4.73. The van der Waals surface area contributed by atoms with Gasteiger partial charge in [-0.1, -0.05) is 38.8 Å². The quantitative estimate of drug-likeness (QED) is 0.837. The van der Waals surface area contributed by atoms with E-state index in [2.05, 4.69) is 37.1 Å². The minimum atomic E-state index is 0.638. The molecule has 0 amide bonds. The molecule has 1 aromatic rings. The van der Waals surface area contributed by atoms with Gasteiger partial charge in [-0.3, -0.25) is 4.90 Å². The van der Waals surface area contributed by atoms with Crippen LogP contribution in [-0.4, -0.2) is 30.1 Å². The average Bonchev–Trinajstić information content (AvgIpc) is 2.77. The second-order valence-corrected chi connectivity index (χ2v) is 8.11. The molecule has 2 rings (SSSR count). The van der Waals surface area contributed by atoms with Crippen LogP contribution in [0, 0.1) is 5.92 Å². The number of hydrogen-bond donors (Lipinski definition) is 1. The number of nitrogens with zero attached hydrogens (tertiary/aromatic N) is 1. The van der Waals surface area contributed by atoms with Crippen molar-refractivity contribution in [1.29, 1.82) is 0 Å². The first-order valence-corrected chi connectivity index (χ1v) is 8.99. The summed E-state index contributed by atoms with van der Waals surface area (Å²) in [5.41, 5.74) is 0. The van der Waals surface area contributed by atoms with Crippen LogP contribution in [0.5, 0.6) is 0 Å². The smallest absolute Gasteiger partial charge is 0.0931 e. The number of nitrogens with one attached hydrogen (secondary N) is 1. The molecule has 0 saturated carbocycles. The van der Waals surface area contributed by atoms with E-state index in [1.54, 1.807) is 11.3 Å². The van der Waals surface area contributed by atoms with E-state index in [9.17, 15) is 0 Å². The molecule has 0 aromatic carbocycles. The van der Waals surface area contributed by atoms with Crippen molar-refractivity contribution < 1.29 is 0 Å². The number of piperazine rings is 1. The van der Waals surface area contributed by atoms with E-state index >= 15 is 0 Å². The minimum Gasteiger partial charge on any atom is -0.311 e. The molecule has 20 heavy (non-hydrogen) atoms. The average molecular weight is 315 g/mol. The van der Waals surface area contributed by atoms with Gasteiger partial charge >= 0.3 is 0 Å². The Hall–Kier alpha value is -0.0900. The van der Waals surface area contributed by atoms with Crippen molar-refractivity contribution in [3.8, 4) is 0 Å². The minimum absolute atomic E-state index is 0.638. The maximum atomic E-state index is 6.06. The summed E-state index contributed by atoms with van der Waals surface area (Å²) in [6.07, 6.45) is 3.80. The lowest BCUT2D eigenvalue weighted by Crippen LogP contribution is -2.56. The monoisotopic (exact) mass is 314 g/mol. The van der Waals surface area contributed by atoms with Crippen LogP contribution in [0.3, 0.4) is 0 Å². The third-order valence-corrected chi connectivity index (χ3v) is 5.19. The van der Waals surface area contributed by atoms with E-state index in [-0.39, 0.29) is 0 Å². The molecule has 0 radical (unpaired) electrons. The molecule has 1 saturated heterocycles. The maximum Gasteiger partial charge on any atom is 0.0931 e. The first-order chi connectivity index (χ1) is 9.58. The third-order valence-electron chi connectivity index (χ3n) is 3.98. The summed E-state index contributed by atoms with van der Waals surface area (Å²) in [6, 6.07) is 5.50. The van der Waals surface area contributed by atoms with E-state index < -0.39 is 0 Å². The number of thiophene rings is 1. The zero-order chi connectivity index (χ0) is 14.5. The Morgan fingerprint density at radius 3 is 2.85 bits per heavy atom. The summed E-state index contributed by atoms with van der Waals surface area (Å²) in [7, 11) is 0. The molecule has 114 valence electrons. The molecule has 0 bridgehead atoms. The molecule has 1 aliphatic rings. The van der Waals surface area contributed by atoms with E-state index in [0.29, 0.717) is 12.1 Å². The van der Waals surface area contributed by atoms with Gasteiger partial charge in [0.15, 0.2) is 0 Å². The van der Waals surface area contributed by atoms with Crippen LogP contribution in [0.4, 0.5) is 0 Å². The van der Waals surface area contributed by atoms with Crippen LogP contribution in [0.2, 0.25) is 4.34 Å². The lowest BCUT2D eigenvalue weighted by atomic mass is 9.98. The molecule has 1 aromatic heterocycles. The van der Waals surface area contributed by atoms with E-state index in [1.165, 1.54) is 30.7 Å². The maximum absolute atomic E-state index is 6.06. The Morgan fingerprint density at radius 2 is 2.25 bits per heavy atom. The molecule has 2 unspecified atom stereocenters. The van der Waals surface area contributed by atoms with Gasteiger partial charge in [-0.2, -0.15) is 0 Å². The lowest BCUT2D eigenvalue weighted by molar-refractivity contribution is 0.109. The molecule has 2 heterocycles. The van der Waals surface area contributed by atoms with Crippen molar-refractivity contribution in [2.45, 2.75) is 58.7 Å². The highest BCUT2D eigenvalue weighted by atomic mass is 35.5. The second-order valence-electron chi connectivity index (χ2n) is 6.31. The lowest BCUT2D eigenvalue weighted by Gasteiger charge is -2.41. The van der Waals surface area contributed by atoms with Gasteiger partial charge in [0.1, 0.15) is 0 Å². The Labute approximate surface area is 132 Å². The molecule has 1 aliphatic heterocycles. The van der Waals surface area contributed by atoms with Gasteiger partial charge < -0.3 is 5.32 Å². The van der Waals surface area contributed by atoms with Crippen molar-refractivity contribution in [1.82, 2.24) is 10.2 Å². The van der Waals surface area contributed by atoms with Crippen molar-refractivity contribution in [2.24, 2.45) is 5.92 Å². The summed E-state index contributed by atoms with van der Waals surface area (Å²) in [5, 5.41) is 3.74. The Morgan fingerprint density at radius 1 is 1.45 bits per heavy atom. The zero-order valence-electron chi connectivity index (χ0n) is 12.9. The van der Waals surface area contributed by atoms with E-state index in [1.807, 2.05) is 6.07 Å². The zero-order valence-corrected chi connectivity index (χ0v) is 14.4. The number of halogens is 1. The van der Waals surface area contributed by atoms with Crippen LogP contribution in [0.1, 0.15) is 44.9 Å². The molecular formula is C16H27ClN2S.